The van der Waals surface area contributed by atoms with Gasteiger partial charge in [0.15, 0.2) is 11.5 Å². The first-order chi connectivity index (χ1) is 17.9. The molecule has 0 saturated carbocycles. The first kappa shape index (κ1) is 25.6. The van der Waals surface area contributed by atoms with Crippen molar-refractivity contribution in [1.29, 1.82) is 0 Å². The van der Waals surface area contributed by atoms with Gasteiger partial charge in [0.1, 0.15) is 6.54 Å². The Labute approximate surface area is 218 Å². The van der Waals surface area contributed by atoms with Crippen molar-refractivity contribution < 1.29 is 24.0 Å². The highest BCUT2D eigenvalue weighted by Crippen LogP contribution is 2.33. The van der Waals surface area contributed by atoms with Gasteiger partial charge in [0.2, 0.25) is 18.6 Å². The van der Waals surface area contributed by atoms with E-state index >= 15 is 0 Å². The summed E-state index contributed by atoms with van der Waals surface area (Å²) in [5.41, 5.74) is 1.48. The van der Waals surface area contributed by atoms with Gasteiger partial charge in [0.25, 0.3) is 5.69 Å². The lowest BCUT2D eigenvalue weighted by atomic mass is 10.1. The zero-order chi connectivity index (χ0) is 26.2. The third-order valence-electron chi connectivity index (χ3n) is 5.60. The van der Waals surface area contributed by atoms with Gasteiger partial charge in [-0.25, -0.2) is 0 Å². The lowest BCUT2D eigenvalue weighted by molar-refractivity contribution is -0.384. The largest absolute Gasteiger partial charge is 0.454 e. The average Bonchev–Trinajstić information content (AvgIpc) is 3.58. The second kappa shape index (κ2) is 12.0. The second-order valence-electron chi connectivity index (χ2n) is 8.21. The third-order valence-corrected chi connectivity index (χ3v) is 6.46. The van der Waals surface area contributed by atoms with Gasteiger partial charge in [-0.15, -0.1) is 17.9 Å². The minimum absolute atomic E-state index is 0.0318. The van der Waals surface area contributed by atoms with Crippen LogP contribution in [0.5, 0.6) is 11.5 Å². The molecule has 0 N–H and O–H groups in total. The van der Waals surface area contributed by atoms with Crippen molar-refractivity contribution in [1.82, 2.24) is 9.80 Å². The molecule has 1 aliphatic rings. The van der Waals surface area contributed by atoms with Gasteiger partial charge in [-0.1, -0.05) is 18.2 Å². The van der Waals surface area contributed by atoms with Crippen molar-refractivity contribution >= 4 is 34.9 Å². The van der Waals surface area contributed by atoms with Crippen molar-refractivity contribution in [2.75, 3.05) is 19.9 Å². The van der Waals surface area contributed by atoms with E-state index in [0.29, 0.717) is 30.2 Å². The van der Waals surface area contributed by atoms with Gasteiger partial charge in [-0.05, 0) is 52.9 Å². The van der Waals surface area contributed by atoms with E-state index in [0.717, 1.165) is 10.4 Å². The fourth-order valence-electron chi connectivity index (χ4n) is 3.71. The minimum atomic E-state index is -0.485. The topological polar surface area (TPSA) is 102 Å². The summed E-state index contributed by atoms with van der Waals surface area (Å²) in [6, 6.07) is 15.3. The van der Waals surface area contributed by atoms with Gasteiger partial charge in [-0.3, -0.25) is 19.7 Å². The van der Waals surface area contributed by atoms with Crippen LogP contribution >= 0.6 is 11.3 Å². The van der Waals surface area contributed by atoms with Crippen LogP contribution in [-0.2, 0) is 22.7 Å². The van der Waals surface area contributed by atoms with E-state index < -0.39 is 4.92 Å². The fourth-order valence-corrected chi connectivity index (χ4v) is 4.43. The number of nitrogens with zero attached hydrogens (tertiary/aromatic N) is 3. The Morgan fingerprint density at radius 3 is 2.54 bits per heavy atom. The monoisotopic (exact) mass is 519 g/mol. The first-order valence-corrected chi connectivity index (χ1v) is 12.3. The fraction of sp³-hybridized carbons (Fsp3) is 0.185. The number of hydrogen-bond donors (Lipinski definition) is 0. The zero-order valence-corrected chi connectivity index (χ0v) is 20.8. The van der Waals surface area contributed by atoms with Gasteiger partial charge in [0, 0.05) is 36.2 Å². The maximum Gasteiger partial charge on any atom is 0.269 e. The Kier molecular flexibility index (Phi) is 8.32. The Morgan fingerprint density at radius 2 is 1.84 bits per heavy atom. The summed E-state index contributed by atoms with van der Waals surface area (Å²) < 4.78 is 10.8. The number of carbonyl (C=O) groups excluding carboxylic acids is 2. The van der Waals surface area contributed by atoms with E-state index in [-0.39, 0.29) is 37.4 Å². The molecule has 2 heterocycles. The molecule has 0 atom stereocenters. The molecule has 4 rings (SSSR count). The van der Waals surface area contributed by atoms with Crippen LogP contribution in [0.1, 0.15) is 16.0 Å². The van der Waals surface area contributed by atoms with Gasteiger partial charge >= 0.3 is 0 Å². The predicted molar refractivity (Wildman–Crippen MR) is 140 cm³/mol. The van der Waals surface area contributed by atoms with Crippen molar-refractivity contribution in [3.05, 3.63) is 105 Å². The molecule has 0 spiro atoms. The SMILES string of the molecule is C=CCN(CC(=O)N(Cc1ccc2c(c1)OCO2)Cc1cccs1)C(=O)/C=C/c1ccc([N+](=O)[O-])cc1. The Hall–Kier alpha value is -4.44. The van der Waals surface area contributed by atoms with Crippen molar-refractivity contribution in [3.63, 3.8) is 0 Å². The summed E-state index contributed by atoms with van der Waals surface area (Å²) in [5, 5.41) is 12.8. The number of non-ortho nitro benzene ring substituents is 1. The van der Waals surface area contributed by atoms with Crippen LogP contribution in [0, 0.1) is 10.1 Å². The Bertz CT molecular complexity index is 1300. The summed E-state index contributed by atoms with van der Waals surface area (Å²) in [6.45, 7) is 4.67. The number of nitro benzene ring substituents is 1. The Balaban J connectivity index is 1.47. The van der Waals surface area contributed by atoms with Crippen LogP contribution in [0.4, 0.5) is 5.69 Å². The first-order valence-electron chi connectivity index (χ1n) is 11.4. The van der Waals surface area contributed by atoms with Crippen molar-refractivity contribution in [2.45, 2.75) is 13.1 Å². The van der Waals surface area contributed by atoms with Crippen LogP contribution in [0.25, 0.3) is 6.08 Å². The lowest BCUT2D eigenvalue weighted by Gasteiger charge is -2.26. The number of fused-ring (bicyclic) bond motifs is 1. The minimum Gasteiger partial charge on any atom is -0.454 e. The average molecular weight is 520 g/mol. The smallest absolute Gasteiger partial charge is 0.269 e. The van der Waals surface area contributed by atoms with Gasteiger partial charge in [-0.2, -0.15) is 0 Å². The molecule has 10 heteroatoms. The number of benzene rings is 2. The van der Waals surface area contributed by atoms with E-state index in [1.54, 1.807) is 40.5 Å². The number of thiophene rings is 1. The molecule has 0 radical (unpaired) electrons. The molecule has 1 aromatic heterocycles. The number of amides is 2. The van der Waals surface area contributed by atoms with Gasteiger partial charge in [0.05, 0.1) is 11.5 Å². The number of ether oxygens (including phenoxy) is 2. The molecule has 0 saturated heterocycles. The van der Waals surface area contributed by atoms with Crippen molar-refractivity contribution in [3.8, 4) is 11.5 Å². The number of rotatable bonds is 11. The summed E-state index contributed by atoms with van der Waals surface area (Å²) in [6.07, 6.45) is 4.47. The quantitative estimate of drug-likeness (QED) is 0.158. The molecule has 1 aliphatic heterocycles. The van der Waals surface area contributed by atoms with Crippen LogP contribution < -0.4 is 9.47 Å². The van der Waals surface area contributed by atoms with Crippen LogP contribution in [-0.4, -0.2) is 46.4 Å². The number of nitro groups is 1. The summed E-state index contributed by atoms with van der Waals surface area (Å²) in [7, 11) is 0. The van der Waals surface area contributed by atoms with E-state index in [4.69, 9.17) is 9.47 Å². The maximum atomic E-state index is 13.4. The standard InChI is InChI=1S/C27H25N3O6S/c1-2-13-28(26(31)12-8-20-5-9-22(10-6-20)30(33)34)18-27(32)29(17-23-4-3-14-37-23)16-21-7-11-24-25(15-21)36-19-35-24/h2-12,14-15H,1,13,16-19H2/b12-8+. The molecule has 9 nitrogen and oxygen atoms in total. The van der Waals surface area contributed by atoms with E-state index in [9.17, 15) is 19.7 Å². The predicted octanol–water partition coefficient (Wildman–Crippen LogP) is 4.64. The highest BCUT2D eigenvalue weighted by molar-refractivity contribution is 7.09. The van der Waals surface area contributed by atoms with Crippen LogP contribution in [0.3, 0.4) is 0 Å². The molecular formula is C27H25N3O6S. The molecule has 0 bridgehead atoms. The second-order valence-corrected chi connectivity index (χ2v) is 9.24. The zero-order valence-electron chi connectivity index (χ0n) is 19.9. The normalized spacial score (nSPS) is 11.9. The highest BCUT2D eigenvalue weighted by atomic mass is 32.1. The van der Waals surface area contributed by atoms with E-state index in [1.807, 2.05) is 35.7 Å². The summed E-state index contributed by atoms with van der Waals surface area (Å²) in [4.78, 5) is 40.8. The lowest BCUT2D eigenvalue weighted by Crippen LogP contribution is -2.42. The number of carbonyl (C=O) groups is 2. The molecule has 0 unspecified atom stereocenters. The molecule has 37 heavy (non-hydrogen) atoms. The molecular weight excluding hydrogens is 494 g/mol. The molecule has 0 aliphatic carbocycles. The van der Waals surface area contributed by atoms with Gasteiger partial charge < -0.3 is 19.3 Å². The highest BCUT2D eigenvalue weighted by Gasteiger charge is 2.22. The Morgan fingerprint density at radius 1 is 1.05 bits per heavy atom. The molecule has 2 aromatic carbocycles. The van der Waals surface area contributed by atoms with E-state index in [1.165, 1.54) is 23.1 Å². The third kappa shape index (κ3) is 6.83. The van der Waals surface area contributed by atoms with Crippen molar-refractivity contribution in [2.24, 2.45) is 0 Å². The van der Waals surface area contributed by atoms with Crippen LogP contribution in [0.15, 0.2) is 78.7 Å². The molecule has 0 fully saturated rings. The van der Waals surface area contributed by atoms with E-state index in [2.05, 4.69) is 6.58 Å². The maximum absolute atomic E-state index is 13.4. The molecule has 2 amide bonds. The molecule has 190 valence electrons. The van der Waals surface area contributed by atoms with Crippen LogP contribution in [0.2, 0.25) is 0 Å². The number of hydrogen-bond acceptors (Lipinski definition) is 7. The summed E-state index contributed by atoms with van der Waals surface area (Å²) in [5.74, 6) is 0.721. The summed E-state index contributed by atoms with van der Waals surface area (Å²) >= 11 is 1.55. The molecule has 3 aromatic rings.